The fourth-order valence-corrected chi connectivity index (χ4v) is 3.13. The van der Waals surface area contributed by atoms with Crippen LogP contribution in [-0.2, 0) is 0 Å². The van der Waals surface area contributed by atoms with Crippen LogP contribution >= 0.6 is 23.2 Å². The Kier molecular flexibility index (Phi) is 4.29. The van der Waals surface area contributed by atoms with E-state index in [4.69, 9.17) is 29.0 Å². The van der Waals surface area contributed by atoms with Crippen molar-refractivity contribution in [2.24, 2.45) is 5.84 Å². The van der Waals surface area contributed by atoms with Crippen molar-refractivity contribution < 1.29 is 0 Å². The second-order valence-electron chi connectivity index (χ2n) is 5.25. The second kappa shape index (κ2) is 6.18. The Morgan fingerprint density at radius 1 is 1.10 bits per heavy atom. The van der Waals surface area contributed by atoms with Gasteiger partial charge in [-0.2, -0.15) is 0 Å². The smallest absolute Gasteiger partial charge is 0.163 e. The van der Waals surface area contributed by atoms with Crippen LogP contribution in [0.4, 0.5) is 5.82 Å². The van der Waals surface area contributed by atoms with Crippen LogP contribution in [0, 0.1) is 0 Å². The molecule has 21 heavy (non-hydrogen) atoms. The minimum absolute atomic E-state index is 0.469. The molecule has 0 aliphatic heterocycles. The van der Waals surface area contributed by atoms with Gasteiger partial charge in [-0.15, -0.1) is 0 Å². The van der Waals surface area contributed by atoms with E-state index in [1.165, 1.54) is 12.8 Å². The number of nitrogens with zero attached hydrogens (tertiary/aromatic N) is 2. The minimum Gasteiger partial charge on any atom is -0.308 e. The normalized spacial score (nSPS) is 15.4. The summed E-state index contributed by atoms with van der Waals surface area (Å²) in [5, 5.41) is 1.18. The van der Waals surface area contributed by atoms with Crippen LogP contribution in [0.1, 0.15) is 37.3 Å². The molecular weight excluding hydrogens is 307 g/mol. The van der Waals surface area contributed by atoms with Gasteiger partial charge in [-0.25, -0.2) is 15.8 Å². The van der Waals surface area contributed by atoms with E-state index in [-0.39, 0.29) is 0 Å². The summed E-state index contributed by atoms with van der Waals surface area (Å²) in [4.78, 5) is 9.09. The van der Waals surface area contributed by atoms with E-state index in [2.05, 4.69) is 15.4 Å². The van der Waals surface area contributed by atoms with Crippen LogP contribution in [0.3, 0.4) is 0 Å². The Morgan fingerprint density at radius 3 is 2.57 bits per heavy atom. The van der Waals surface area contributed by atoms with E-state index in [0.29, 0.717) is 27.6 Å². The third-order valence-corrected chi connectivity index (χ3v) is 4.40. The number of nitrogens with one attached hydrogen (secondary N) is 1. The van der Waals surface area contributed by atoms with Crippen molar-refractivity contribution in [3.05, 3.63) is 40.0 Å². The summed E-state index contributed by atoms with van der Waals surface area (Å²) < 4.78 is 0. The monoisotopic (exact) mass is 322 g/mol. The Labute approximate surface area is 133 Å². The van der Waals surface area contributed by atoms with E-state index in [1.54, 1.807) is 18.2 Å². The highest BCUT2D eigenvalue weighted by molar-refractivity contribution is 6.35. The van der Waals surface area contributed by atoms with Crippen molar-refractivity contribution in [1.82, 2.24) is 9.97 Å². The van der Waals surface area contributed by atoms with Gasteiger partial charge in [0, 0.05) is 28.3 Å². The van der Waals surface area contributed by atoms with E-state index in [9.17, 15) is 0 Å². The molecule has 1 heterocycles. The summed E-state index contributed by atoms with van der Waals surface area (Å²) in [5.41, 5.74) is 4.35. The SMILES string of the molecule is NNc1cc(C2CCCC2)nc(-c2cc(Cl)ccc2Cl)n1. The van der Waals surface area contributed by atoms with Crippen molar-refractivity contribution in [1.29, 1.82) is 0 Å². The predicted octanol–water partition coefficient (Wildman–Crippen LogP) is 4.39. The van der Waals surface area contributed by atoms with Crippen LogP contribution in [0.25, 0.3) is 11.4 Å². The van der Waals surface area contributed by atoms with Crippen molar-refractivity contribution in [3.8, 4) is 11.4 Å². The zero-order valence-electron chi connectivity index (χ0n) is 11.4. The zero-order chi connectivity index (χ0) is 14.8. The fourth-order valence-electron chi connectivity index (χ4n) is 2.76. The van der Waals surface area contributed by atoms with Crippen LogP contribution in [0.2, 0.25) is 10.0 Å². The average molecular weight is 323 g/mol. The Hall–Kier alpha value is -1.36. The largest absolute Gasteiger partial charge is 0.308 e. The van der Waals surface area contributed by atoms with Gasteiger partial charge in [-0.3, -0.25) is 0 Å². The first kappa shape index (κ1) is 14.6. The van der Waals surface area contributed by atoms with E-state index in [1.807, 2.05) is 6.07 Å². The highest BCUT2D eigenvalue weighted by Crippen LogP contribution is 2.35. The lowest BCUT2D eigenvalue weighted by molar-refractivity contribution is 0.695. The van der Waals surface area contributed by atoms with Crippen molar-refractivity contribution >= 4 is 29.0 Å². The Balaban J connectivity index is 2.08. The zero-order valence-corrected chi connectivity index (χ0v) is 13.0. The van der Waals surface area contributed by atoms with Gasteiger partial charge in [0.15, 0.2) is 5.82 Å². The molecule has 0 radical (unpaired) electrons. The van der Waals surface area contributed by atoms with Gasteiger partial charge in [0.1, 0.15) is 5.82 Å². The number of nitrogen functional groups attached to an aromatic ring is 1. The molecule has 0 amide bonds. The van der Waals surface area contributed by atoms with Crippen LogP contribution in [0.5, 0.6) is 0 Å². The van der Waals surface area contributed by atoms with Crippen LogP contribution in [0.15, 0.2) is 24.3 Å². The molecule has 0 spiro atoms. The third kappa shape index (κ3) is 3.12. The number of hydrogen-bond donors (Lipinski definition) is 2. The lowest BCUT2D eigenvalue weighted by Gasteiger charge is -2.13. The van der Waals surface area contributed by atoms with Gasteiger partial charge in [-0.1, -0.05) is 36.0 Å². The third-order valence-electron chi connectivity index (χ3n) is 3.84. The number of hydrogen-bond acceptors (Lipinski definition) is 4. The molecule has 0 atom stereocenters. The summed E-state index contributed by atoms with van der Waals surface area (Å²) >= 11 is 12.3. The maximum absolute atomic E-state index is 6.25. The van der Waals surface area contributed by atoms with Crippen LogP contribution in [-0.4, -0.2) is 9.97 Å². The lowest BCUT2D eigenvalue weighted by Crippen LogP contribution is -2.11. The molecule has 1 aliphatic rings. The second-order valence-corrected chi connectivity index (χ2v) is 6.10. The molecule has 0 saturated heterocycles. The summed E-state index contributed by atoms with van der Waals surface area (Å²) in [6.45, 7) is 0. The number of anilines is 1. The molecule has 1 aromatic heterocycles. The van der Waals surface area contributed by atoms with Crippen molar-refractivity contribution in [2.75, 3.05) is 5.43 Å². The lowest BCUT2D eigenvalue weighted by atomic mass is 10.0. The maximum Gasteiger partial charge on any atom is 0.163 e. The maximum atomic E-state index is 6.25. The molecule has 1 saturated carbocycles. The number of nitrogens with two attached hydrogens (primary N) is 1. The fraction of sp³-hybridized carbons (Fsp3) is 0.333. The molecule has 2 aromatic rings. The number of halogens is 2. The van der Waals surface area contributed by atoms with Crippen LogP contribution < -0.4 is 11.3 Å². The molecule has 0 unspecified atom stereocenters. The summed E-state index contributed by atoms with van der Waals surface area (Å²) in [5.74, 6) is 7.15. The Morgan fingerprint density at radius 2 is 1.86 bits per heavy atom. The van der Waals surface area contributed by atoms with Gasteiger partial charge >= 0.3 is 0 Å². The predicted molar refractivity (Wildman–Crippen MR) is 86.5 cm³/mol. The van der Waals surface area contributed by atoms with Gasteiger partial charge in [0.05, 0.1) is 5.02 Å². The highest BCUT2D eigenvalue weighted by atomic mass is 35.5. The molecule has 6 heteroatoms. The van der Waals surface area contributed by atoms with Gasteiger partial charge in [0.25, 0.3) is 0 Å². The molecule has 1 fully saturated rings. The van der Waals surface area contributed by atoms with E-state index < -0.39 is 0 Å². The van der Waals surface area contributed by atoms with Gasteiger partial charge in [-0.05, 0) is 31.0 Å². The van der Waals surface area contributed by atoms with Crippen molar-refractivity contribution in [2.45, 2.75) is 31.6 Å². The molecule has 0 bridgehead atoms. The molecule has 3 rings (SSSR count). The molecular formula is C15H16Cl2N4. The minimum atomic E-state index is 0.469. The number of aromatic nitrogens is 2. The van der Waals surface area contributed by atoms with Gasteiger partial charge < -0.3 is 5.43 Å². The first-order valence-electron chi connectivity index (χ1n) is 6.98. The van der Waals surface area contributed by atoms with E-state index in [0.717, 1.165) is 24.1 Å². The molecule has 4 nitrogen and oxygen atoms in total. The quantitative estimate of drug-likeness (QED) is 0.649. The highest BCUT2D eigenvalue weighted by Gasteiger charge is 2.20. The Bertz CT molecular complexity index is 654. The molecule has 110 valence electrons. The van der Waals surface area contributed by atoms with Crippen molar-refractivity contribution in [3.63, 3.8) is 0 Å². The molecule has 3 N–H and O–H groups in total. The van der Waals surface area contributed by atoms with Gasteiger partial charge in [0.2, 0.25) is 0 Å². The average Bonchev–Trinajstić information content (AvgIpc) is 3.03. The number of rotatable bonds is 3. The standard InChI is InChI=1S/C15H16Cl2N4/c16-10-5-6-12(17)11(7-10)15-19-13(8-14(20-15)21-18)9-3-1-2-4-9/h5-9H,1-4,18H2,(H,19,20,21). The first-order valence-corrected chi connectivity index (χ1v) is 7.74. The molecule has 1 aliphatic carbocycles. The number of benzene rings is 1. The van der Waals surface area contributed by atoms with E-state index >= 15 is 0 Å². The summed E-state index contributed by atoms with van der Waals surface area (Å²) in [6, 6.07) is 7.19. The topological polar surface area (TPSA) is 63.8 Å². The number of hydrazine groups is 1. The first-order chi connectivity index (χ1) is 10.2. The summed E-state index contributed by atoms with van der Waals surface area (Å²) in [7, 11) is 0. The molecule has 1 aromatic carbocycles. The summed E-state index contributed by atoms with van der Waals surface area (Å²) in [6.07, 6.45) is 4.80.